The topological polar surface area (TPSA) is 55.1 Å². The summed E-state index contributed by atoms with van der Waals surface area (Å²) in [7, 11) is 0. The molecule has 0 fully saturated rings. The first-order chi connectivity index (χ1) is 13.7. The van der Waals surface area contributed by atoms with Crippen molar-refractivity contribution in [2.24, 2.45) is 0 Å². The lowest BCUT2D eigenvalue weighted by Gasteiger charge is -2.08. The van der Waals surface area contributed by atoms with Gasteiger partial charge in [-0.3, -0.25) is 9.78 Å². The van der Waals surface area contributed by atoms with Crippen molar-refractivity contribution in [3.8, 4) is 22.5 Å². The van der Waals surface area contributed by atoms with Crippen LogP contribution in [0.4, 0.5) is 0 Å². The molecule has 28 heavy (non-hydrogen) atoms. The third-order valence-electron chi connectivity index (χ3n) is 4.36. The summed E-state index contributed by atoms with van der Waals surface area (Å²) < 4.78 is 5.39. The zero-order chi connectivity index (χ0) is 19.3. The number of halogens is 1. The first-order valence-corrected chi connectivity index (χ1v) is 9.19. The Morgan fingerprint density at radius 1 is 0.929 bits per heavy atom. The summed E-state index contributed by atoms with van der Waals surface area (Å²) in [4.78, 5) is 16.7. The zero-order valence-corrected chi connectivity index (χ0v) is 15.7. The summed E-state index contributed by atoms with van der Waals surface area (Å²) in [5, 5.41) is 3.61. The van der Waals surface area contributed by atoms with Crippen LogP contribution in [0.5, 0.6) is 0 Å². The minimum atomic E-state index is -0.138. The van der Waals surface area contributed by atoms with Gasteiger partial charge in [-0.2, -0.15) is 0 Å². The normalized spacial score (nSPS) is 10.6. The molecule has 2 aromatic carbocycles. The Morgan fingerprint density at radius 2 is 1.79 bits per heavy atom. The fraction of sp³-hybridized carbons (Fsp3) is 0.0435. The van der Waals surface area contributed by atoms with Crippen LogP contribution in [0.1, 0.15) is 15.9 Å². The lowest BCUT2D eigenvalue weighted by atomic mass is 10.0. The molecule has 4 aromatic rings. The van der Waals surface area contributed by atoms with E-state index in [1.165, 1.54) is 0 Å². The number of amides is 1. The standard InChI is InChI=1S/C23H17ClN2O2/c24-21-4-1-3-19(12-21)17-6-8-18(9-7-17)23(27)26-14-16-11-20(15-25-13-16)22-5-2-10-28-22/h1-13,15H,14H2,(H,26,27). The van der Waals surface area contributed by atoms with Gasteiger partial charge >= 0.3 is 0 Å². The molecule has 0 aliphatic rings. The SMILES string of the molecule is O=C(NCc1cncc(-c2ccco2)c1)c1ccc(-c2cccc(Cl)c2)cc1. The number of carbonyl (C=O) groups is 1. The molecule has 2 aromatic heterocycles. The first kappa shape index (κ1) is 18.0. The highest BCUT2D eigenvalue weighted by Crippen LogP contribution is 2.23. The number of benzene rings is 2. The van der Waals surface area contributed by atoms with Gasteiger partial charge < -0.3 is 9.73 Å². The van der Waals surface area contributed by atoms with Crippen LogP contribution in [0.25, 0.3) is 22.5 Å². The van der Waals surface area contributed by atoms with Crippen molar-refractivity contribution in [1.29, 1.82) is 0 Å². The predicted octanol–water partition coefficient (Wildman–Crippen LogP) is 5.59. The van der Waals surface area contributed by atoms with Gasteiger partial charge in [-0.25, -0.2) is 0 Å². The quantitative estimate of drug-likeness (QED) is 0.484. The van der Waals surface area contributed by atoms with Crippen LogP contribution < -0.4 is 5.32 Å². The highest BCUT2D eigenvalue weighted by atomic mass is 35.5. The number of rotatable bonds is 5. The van der Waals surface area contributed by atoms with E-state index in [1.54, 1.807) is 18.7 Å². The predicted molar refractivity (Wildman–Crippen MR) is 110 cm³/mol. The summed E-state index contributed by atoms with van der Waals surface area (Å²) in [5.41, 5.74) is 4.40. The van der Waals surface area contributed by atoms with E-state index in [1.807, 2.05) is 66.7 Å². The summed E-state index contributed by atoms with van der Waals surface area (Å²) in [6.07, 6.45) is 5.09. The van der Waals surface area contributed by atoms with Gasteiger partial charge in [0.2, 0.25) is 0 Å². The van der Waals surface area contributed by atoms with Gasteiger partial charge in [0.1, 0.15) is 5.76 Å². The van der Waals surface area contributed by atoms with Crippen LogP contribution >= 0.6 is 11.6 Å². The van der Waals surface area contributed by atoms with E-state index in [0.717, 1.165) is 28.0 Å². The van der Waals surface area contributed by atoms with Crippen molar-refractivity contribution >= 4 is 17.5 Å². The summed E-state index contributed by atoms with van der Waals surface area (Å²) in [6.45, 7) is 0.385. The van der Waals surface area contributed by atoms with Gasteiger partial charge in [0.05, 0.1) is 6.26 Å². The Hall–Kier alpha value is -3.37. The Balaban J connectivity index is 1.42. The van der Waals surface area contributed by atoms with Crippen molar-refractivity contribution in [2.45, 2.75) is 6.54 Å². The third kappa shape index (κ3) is 4.13. The number of carbonyl (C=O) groups excluding carboxylic acids is 1. The number of hydrogen-bond donors (Lipinski definition) is 1. The lowest BCUT2D eigenvalue weighted by molar-refractivity contribution is 0.0951. The maximum Gasteiger partial charge on any atom is 0.251 e. The van der Waals surface area contributed by atoms with Crippen molar-refractivity contribution in [2.75, 3.05) is 0 Å². The van der Waals surface area contributed by atoms with E-state index in [0.29, 0.717) is 17.1 Å². The van der Waals surface area contributed by atoms with E-state index in [4.69, 9.17) is 16.0 Å². The molecule has 0 spiro atoms. The minimum absolute atomic E-state index is 0.138. The maximum absolute atomic E-state index is 12.5. The van der Waals surface area contributed by atoms with Crippen molar-refractivity contribution < 1.29 is 9.21 Å². The van der Waals surface area contributed by atoms with E-state index < -0.39 is 0 Å². The molecule has 5 heteroatoms. The van der Waals surface area contributed by atoms with Crippen LogP contribution in [-0.2, 0) is 6.54 Å². The maximum atomic E-state index is 12.5. The van der Waals surface area contributed by atoms with Crippen molar-refractivity contribution in [1.82, 2.24) is 10.3 Å². The van der Waals surface area contributed by atoms with Crippen molar-refractivity contribution in [3.63, 3.8) is 0 Å². The molecule has 0 aliphatic heterocycles. The van der Waals surface area contributed by atoms with Crippen LogP contribution in [0.2, 0.25) is 5.02 Å². The lowest BCUT2D eigenvalue weighted by Crippen LogP contribution is -2.22. The molecule has 0 aliphatic carbocycles. The van der Waals surface area contributed by atoms with Crippen LogP contribution in [0.3, 0.4) is 0 Å². The molecule has 4 rings (SSSR count). The van der Waals surface area contributed by atoms with Gasteiger partial charge in [-0.15, -0.1) is 0 Å². The number of nitrogens with zero attached hydrogens (tertiary/aromatic N) is 1. The summed E-state index contributed by atoms with van der Waals surface area (Å²) >= 11 is 6.04. The molecule has 138 valence electrons. The monoisotopic (exact) mass is 388 g/mol. The fourth-order valence-electron chi connectivity index (χ4n) is 2.93. The Labute approximate surface area is 167 Å². The summed E-state index contributed by atoms with van der Waals surface area (Å²) in [5.74, 6) is 0.610. The molecule has 0 bridgehead atoms. The molecule has 0 saturated carbocycles. The molecule has 0 unspecified atom stereocenters. The van der Waals surface area contributed by atoms with E-state index in [-0.39, 0.29) is 5.91 Å². The van der Waals surface area contributed by atoms with Gasteiger partial charge in [-0.1, -0.05) is 35.9 Å². The molecular formula is C23H17ClN2O2. The molecule has 0 radical (unpaired) electrons. The molecule has 2 heterocycles. The number of nitrogens with one attached hydrogen (secondary N) is 1. The number of furan rings is 1. The average Bonchev–Trinajstić information content (AvgIpc) is 3.27. The molecule has 0 saturated heterocycles. The second kappa shape index (κ2) is 8.11. The average molecular weight is 389 g/mol. The van der Waals surface area contributed by atoms with Gasteiger partial charge in [0.25, 0.3) is 5.91 Å². The highest BCUT2D eigenvalue weighted by Gasteiger charge is 2.08. The first-order valence-electron chi connectivity index (χ1n) is 8.81. The Morgan fingerprint density at radius 3 is 2.54 bits per heavy atom. The number of pyridine rings is 1. The van der Waals surface area contributed by atoms with Crippen LogP contribution in [-0.4, -0.2) is 10.9 Å². The molecular weight excluding hydrogens is 372 g/mol. The second-order valence-electron chi connectivity index (χ2n) is 6.33. The van der Waals surface area contributed by atoms with E-state index in [9.17, 15) is 4.79 Å². The highest BCUT2D eigenvalue weighted by molar-refractivity contribution is 6.30. The van der Waals surface area contributed by atoms with Crippen LogP contribution in [0.15, 0.2) is 89.8 Å². The Kier molecular flexibility index (Phi) is 5.22. The number of aromatic nitrogens is 1. The van der Waals surface area contributed by atoms with Gasteiger partial charge in [-0.05, 0) is 59.2 Å². The second-order valence-corrected chi connectivity index (χ2v) is 6.77. The zero-order valence-electron chi connectivity index (χ0n) is 14.9. The summed E-state index contributed by atoms with van der Waals surface area (Å²) in [6, 6.07) is 20.7. The number of hydrogen-bond acceptors (Lipinski definition) is 3. The minimum Gasteiger partial charge on any atom is -0.464 e. The van der Waals surface area contributed by atoms with E-state index in [2.05, 4.69) is 10.3 Å². The molecule has 1 amide bonds. The third-order valence-corrected chi connectivity index (χ3v) is 4.59. The van der Waals surface area contributed by atoms with Crippen molar-refractivity contribution in [3.05, 3.63) is 102 Å². The largest absolute Gasteiger partial charge is 0.464 e. The van der Waals surface area contributed by atoms with Crippen LogP contribution in [0, 0.1) is 0 Å². The fourth-order valence-corrected chi connectivity index (χ4v) is 3.12. The van der Waals surface area contributed by atoms with Gasteiger partial charge in [0.15, 0.2) is 0 Å². The molecule has 0 atom stereocenters. The van der Waals surface area contributed by atoms with E-state index >= 15 is 0 Å². The smallest absolute Gasteiger partial charge is 0.251 e. The molecule has 4 nitrogen and oxygen atoms in total. The van der Waals surface area contributed by atoms with Gasteiger partial charge in [0, 0.05) is 35.1 Å². The molecule has 1 N–H and O–H groups in total. The Bertz CT molecular complexity index is 1090.